The van der Waals surface area contributed by atoms with Gasteiger partial charge < -0.3 is 20.3 Å². The molecule has 5 rings (SSSR count). The lowest BCUT2D eigenvalue weighted by Crippen LogP contribution is -2.38. The van der Waals surface area contributed by atoms with Crippen LogP contribution < -0.4 is 5.32 Å². The molecular weight excluding hydrogens is 508 g/mol. The Labute approximate surface area is 235 Å². The van der Waals surface area contributed by atoms with E-state index in [1.54, 1.807) is 10.6 Å². The number of benzene rings is 2. The quantitative estimate of drug-likeness (QED) is 0.330. The van der Waals surface area contributed by atoms with E-state index in [0.29, 0.717) is 23.5 Å². The van der Waals surface area contributed by atoms with Crippen LogP contribution >= 0.6 is 0 Å². The molecular formula is C30H40N6O4. The minimum atomic E-state index is -0.329. The number of likely N-dealkylation sites (tertiary alicyclic amines) is 1. The van der Waals surface area contributed by atoms with Crippen molar-refractivity contribution in [1.29, 1.82) is 0 Å². The number of morpholine rings is 1. The normalized spacial score (nSPS) is 16.6. The van der Waals surface area contributed by atoms with Crippen molar-refractivity contribution in [3.8, 4) is 28.6 Å². The minimum absolute atomic E-state index is 0.0202. The van der Waals surface area contributed by atoms with Gasteiger partial charge in [-0.25, -0.2) is 0 Å². The Balaban J connectivity index is 1.42. The number of carbonyl (C=O) groups is 1. The number of nitrogens with one attached hydrogen (secondary N) is 1. The van der Waals surface area contributed by atoms with Gasteiger partial charge in [0.1, 0.15) is 11.5 Å². The van der Waals surface area contributed by atoms with Crippen molar-refractivity contribution in [3.05, 3.63) is 53.3 Å². The summed E-state index contributed by atoms with van der Waals surface area (Å²) < 4.78 is 7.10. The second-order valence-corrected chi connectivity index (χ2v) is 11.0. The van der Waals surface area contributed by atoms with Crippen molar-refractivity contribution in [2.45, 2.75) is 45.6 Å². The molecule has 3 N–H and O–H groups in total. The number of phenols is 2. The van der Waals surface area contributed by atoms with Crippen LogP contribution in [0.4, 0.5) is 0 Å². The molecule has 1 aromatic heterocycles. The van der Waals surface area contributed by atoms with Crippen molar-refractivity contribution < 1.29 is 19.7 Å². The molecule has 3 aromatic rings. The molecule has 0 atom stereocenters. The number of hydrogen-bond acceptors (Lipinski definition) is 8. The maximum absolute atomic E-state index is 13.4. The summed E-state index contributed by atoms with van der Waals surface area (Å²) in [5.41, 5.74) is 3.00. The van der Waals surface area contributed by atoms with E-state index in [0.717, 1.165) is 64.6 Å². The van der Waals surface area contributed by atoms with Crippen LogP contribution in [0.5, 0.6) is 11.5 Å². The number of carbonyl (C=O) groups excluding carboxylic acids is 1. The van der Waals surface area contributed by atoms with Crippen molar-refractivity contribution in [1.82, 2.24) is 29.9 Å². The van der Waals surface area contributed by atoms with Crippen LogP contribution in [0.25, 0.3) is 17.1 Å². The molecule has 1 amide bonds. The van der Waals surface area contributed by atoms with Gasteiger partial charge in [-0.15, -0.1) is 10.2 Å². The first kappa shape index (κ1) is 28.1. The number of rotatable bonds is 10. The van der Waals surface area contributed by atoms with E-state index in [9.17, 15) is 15.0 Å². The molecule has 2 fully saturated rings. The lowest BCUT2D eigenvalue weighted by atomic mass is 9.98. The summed E-state index contributed by atoms with van der Waals surface area (Å²) in [5, 5.41) is 32.8. The lowest BCUT2D eigenvalue weighted by molar-refractivity contribution is 0.0374. The van der Waals surface area contributed by atoms with E-state index in [-0.39, 0.29) is 29.1 Å². The SMILES string of the molecule is CC(C)c1cc(-c2nnc(C(=O)NCCCN3CCOCC3)n2-c2ccc(CN3CCCC3)cc2)c(O)cc1O. The van der Waals surface area contributed by atoms with Gasteiger partial charge in [0.05, 0.1) is 18.8 Å². The summed E-state index contributed by atoms with van der Waals surface area (Å²) in [6.45, 7) is 11.8. The third-order valence-corrected chi connectivity index (χ3v) is 7.71. The number of phenolic OH excluding ortho intramolecular Hbond substituents is 2. The van der Waals surface area contributed by atoms with E-state index in [1.807, 2.05) is 26.0 Å². The second-order valence-electron chi connectivity index (χ2n) is 11.0. The summed E-state index contributed by atoms with van der Waals surface area (Å²) in [5.74, 6) is 0.0712. The fourth-order valence-corrected chi connectivity index (χ4v) is 5.44. The van der Waals surface area contributed by atoms with E-state index in [1.165, 1.54) is 24.5 Å². The van der Waals surface area contributed by atoms with Gasteiger partial charge in [-0.2, -0.15) is 0 Å². The van der Waals surface area contributed by atoms with Crippen molar-refractivity contribution >= 4 is 5.91 Å². The summed E-state index contributed by atoms with van der Waals surface area (Å²) in [6.07, 6.45) is 3.29. The third-order valence-electron chi connectivity index (χ3n) is 7.71. The first-order valence-corrected chi connectivity index (χ1v) is 14.3. The maximum Gasteiger partial charge on any atom is 0.289 e. The smallest absolute Gasteiger partial charge is 0.289 e. The predicted molar refractivity (Wildman–Crippen MR) is 153 cm³/mol. The summed E-state index contributed by atoms with van der Waals surface area (Å²) in [4.78, 5) is 18.1. The number of amides is 1. The summed E-state index contributed by atoms with van der Waals surface area (Å²) in [6, 6.07) is 11.1. The van der Waals surface area contributed by atoms with Crippen LogP contribution in [0.1, 0.15) is 60.8 Å². The third kappa shape index (κ3) is 6.46. The molecule has 2 aliphatic heterocycles. The minimum Gasteiger partial charge on any atom is -0.508 e. The number of nitrogens with zero attached hydrogens (tertiary/aromatic N) is 5. The first-order chi connectivity index (χ1) is 19.4. The lowest BCUT2D eigenvalue weighted by Gasteiger charge is -2.26. The molecule has 214 valence electrons. The topological polar surface area (TPSA) is 116 Å². The fourth-order valence-electron chi connectivity index (χ4n) is 5.44. The molecule has 0 unspecified atom stereocenters. The molecule has 0 saturated carbocycles. The molecule has 10 heteroatoms. The van der Waals surface area contributed by atoms with Crippen LogP contribution in [0.15, 0.2) is 36.4 Å². The number of aromatic hydroxyl groups is 2. The Hall–Kier alpha value is -3.47. The van der Waals surface area contributed by atoms with Crippen molar-refractivity contribution in [2.24, 2.45) is 0 Å². The predicted octanol–water partition coefficient (Wildman–Crippen LogP) is 3.52. The Kier molecular flexibility index (Phi) is 8.98. The monoisotopic (exact) mass is 548 g/mol. The van der Waals surface area contributed by atoms with Gasteiger partial charge in [0, 0.05) is 37.9 Å². The van der Waals surface area contributed by atoms with Gasteiger partial charge in [-0.1, -0.05) is 26.0 Å². The van der Waals surface area contributed by atoms with E-state index in [2.05, 4.69) is 37.4 Å². The Morgan fingerprint density at radius 1 is 0.975 bits per heavy atom. The van der Waals surface area contributed by atoms with Gasteiger partial charge in [-0.05, 0) is 74.1 Å². The molecule has 2 aliphatic rings. The van der Waals surface area contributed by atoms with Crippen LogP contribution in [0, 0.1) is 0 Å². The highest BCUT2D eigenvalue weighted by molar-refractivity contribution is 5.92. The Bertz CT molecular complexity index is 1290. The molecule has 0 bridgehead atoms. The van der Waals surface area contributed by atoms with Gasteiger partial charge in [-0.3, -0.25) is 19.2 Å². The zero-order valence-corrected chi connectivity index (χ0v) is 23.5. The van der Waals surface area contributed by atoms with Crippen LogP contribution in [-0.4, -0.2) is 93.2 Å². The van der Waals surface area contributed by atoms with Crippen LogP contribution in [0.2, 0.25) is 0 Å². The van der Waals surface area contributed by atoms with E-state index < -0.39 is 0 Å². The average molecular weight is 549 g/mol. The first-order valence-electron chi connectivity index (χ1n) is 14.3. The molecule has 40 heavy (non-hydrogen) atoms. The Morgan fingerprint density at radius 2 is 1.70 bits per heavy atom. The maximum atomic E-state index is 13.4. The van der Waals surface area contributed by atoms with E-state index >= 15 is 0 Å². The van der Waals surface area contributed by atoms with Crippen molar-refractivity contribution in [2.75, 3.05) is 52.5 Å². The molecule has 0 aliphatic carbocycles. The highest BCUT2D eigenvalue weighted by Crippen LogP contribution is 2.38. The van der Waals surface area contributed by atoms with Crippen LogP contribution in [0.3, 0.4) is 0 Å². The largest absolute Gasteiger partial charge is 0.508 e. The zero-order valence-electron chi connectivity index (χ0n) is 23.5. The molecule has 2 saturated heterocycles. The average Bonchev–Trinajstić information content (AvgIpc) is 3.62. The molecule has 3 heterocycles. The van der Waals surface area contributed by atoms with Gasteiger partial charge >= 0.3 is 0 Å². The van der Waals surface area contributed by atoms with Gasteiger partial charge in [0.15, 0.2) is 5.82 Å². The highest BCUT2D eigenvalue weighted by atomic mass is 16.5. The van der Waals surface area contributed by atoms with Crippen molar-refractivity contribution in [3.63, 3.8) is 0 Å². The van der Waals surface area contributed by atoms with Crippen LogP contribution in [-0.2, 0) is 11.3 Å². The number of aromatic nitrogens is 3. The second kappa shape index (κ2) is 12.8. The zero-order chi connectivity index (χ0) is 28.1. The molecule has 10 nitrogen and oxygen atoms in total. The summed E-state index contributed by atoms with van der Waals surface area (Å²) in [7, 11) is 0. The standard InChI is InChI=1S/C30H40N6O4/c1-21(2)24-18-25(27(38)19-26(24)37)28-32-33-29(30(39)31-10-5-13-34-14-16-40-17-15-34)36(28)23-8-6-22(7-9-23)20-35-11-3-4-12-35/h6-9,18-19,21,37-38H,3-5,10-17,20H2,1-2H3,(H,31,39). The number of ether oxygens (including phenoxy) is 1. The number of hydrogen-bond donors (Lipinski definition) is 3. The van der Waals surface area contributed by atoms with E-state index in [4.69, 9.17) is 4.74 Å². The Morgan fingerprint density at radius 3 is 2.40 bits per heavy atom. The molecule has 0 radical (unpaired) electrons. The molecule has 0 spiro atoms. The highest BCUT2D eigenvalue weighted by Gasteiger charge is 2.24. The fraction of sp³-hybridized carbons (Fsp3) is 0.500. The molecule has 2 aromatic carbocycles. The summed E-state index contributed by atoms with van der Waals surface area (Å²) >= 11 is 0. The van der Waals surface area contributed by atoms with Gasteiger partial charge in [0.2, 0.25) is 5.82 Å². The van der Waals surface area contributed by atoms with Gasteiger partial charge in [0.25, 0.3) is 5.91 Å².